The van der Waals surface area contributed by atoms with Crippen LogP contribution in [0.4, 0.5) is 13.2 Å². The van der Waals surface area contributed by atoms with Crippen LogP contribution >= 0.6 is 0 Å². The van der Waals surface area contributed by atoms with Crippen LogP contribution in [0.5, 0.6) is 0 Å². The van der Waals surface area contributed by atoms with Gasteiger partial charge in [-0.2, -0.15) is 13.2 Å². The molecule has 5 atom stereocenters. The van der Waals surface area contributed by atoms with E-state index in [1.54, 1.807) is 5.32 Å². The van der Waals surface area contributed by atoms with E-state index in [1.165, 1.54) is 25.7 Å². The molecule has 3 fully saturated rings. The number of carbonyl (C=O) groups is 5. The number of hydrogen-bond acceptors (Lipinski definition) is 5. The van der Waals surface area contributed by atoms with Gasteiger partial charge in [-0.1, -0.05) is 34.6 Å². The highest BCUT2D eigenvalue weighted by Crippen LogP contribution is 2.65. The van der Waals surface area contributed by atoms with Crippen molar-refractivity contribution in [3.05, 3.63) is 0 Å². The Morgan fingerprint density at radius 2 is 1.53 bits per heavy atom. The lowest BCUT2D eigenvalue weighted by Crippen LogP contribution is -2.62. The average Bonchev–Trinajstić information content (AvgIpc) is 3.21. The molecular weight excluding hydrogens is 483 g/mol. The normalized spacial score (nSPS) is 26.6. The van der Waals surface area contributed by atoms with Crippen LogP contribution in [0.1, 0.15) is 47.5 Å². The number of piperidine rings is 1. The van der Waals surface area contributed by atoms with Gasteiger partial charge < -0.3 is 26.2 Å². The fraction of sp³-hybridized carbons (Fsp3) is 0.783. The molecule has 0 bridgehead atoms. The van der Waals surface area contributed by atoms with Crippen LogP contribution in [0.25, 0.3) is 0 Å². The van der Waals surface area contributed by atoms with E-state index in [2.05, 4.69) is 5.32 Å². The molecule has 2 aliphatic heterocycles. The third-order valence-electron chi connectivity index (χ3n) is 7.64. The number of rotatable bonds is 6. The van der Waals surface area contributed by atoms with E-state index >= 15 is 0 Å². The van der Waals surface area contributed by atoms with Gasteiger partial charge in [0.15, 0.2) is 6.04 Å². The Morgan fingerprint density at radius 1 is 0.972 bits per heavy atom. The summed E-state index contributed by atoms with van der Waals surface area (Å²) >= 11 is 0. The number of primary amides is 1. The number of amides is 5. The molecule has 5 amide bonds. The van der Waals surface area contributed by atoms with Crippen LogP contribution < -0.4 is 16.4 Å². The van der Waals surface area contributed by atoms with Crippen LogP contribution in [-0.4, -0.2) is 83.3 Å². The Labute approximate surface area is 207 Å². The minimum atomic E-state index is -5.19. The number of nitrogens with two attached hydrogens (primary N) is 1. The molecular formula is C23H34F3N5O5. The molecule has 0 radical (unpaired) electrons. The summed E-state index contributed by atoms with van der Waals surface area (Å²) in [4.78, 5) is 66.1. The van der Waals surface area contributed by atoms with Crippen molar-refractivity contribution in [2.75, 3.05) is 19.6 Å². The van der Waals surface area contributed by atoms with Crippen molar-refractivity contribution in [2.45, 2.75) is 71.8 Å². The van der Waals surface area contributed by atoms with Crippen molar-refractivity contribution >= 4 is 29.5 Å². The smallest absolute Gasteiger partial charge is 0.367 e. The Bertz CT molecular complexity index is 955. The minimum Gasteiger partial charge on any atom is -0.367 e. The monoisotopic (exact) mass is 517 g/mol. The summed E-state index contributed by atoms with van der Waals surface area (Å²) < 4.78 is 38.9. The van der Waals surface area contributed by atoms with Gasteiger partial charge in [-0.15, -0.1) is 0 Å². The Hall–Kier alpha value is -2.86. The van der Waals surface area contributed by atoms with E-state index in [1.807, 2.05) is 13.8 Å². The molecule has 1 saturated carbocycles. The van der Waals surface area contributed by atoms with Crippen molar-refractivity contribution < 1.29 is 37.1 Å². The number of halogens is 3. The zero-order chi connectivity index (χ0) is 27.4. The quantitative estimate of drug-likeness (QED) is 0.430. The number of fused-ring (bicyclic) bond motifs is 1. The van der Waals surface area contributed by atoms with E-state index in [9.17, 15) is 37.1 Å². The maximum Gasteiger partial charge on any atom is 0.471 e. The van der Waals surface area contributed by atoms with Crippen LogP contribution in [0.15, 0.2) is 0 Å². The number of hydrogen-bond donors (Lipinski definition) is 3. The van der Waals surface area contributed by atoms with Crippen molar-refractivity contribution in [3.8, 4) is 0 Å². The van der Waals surface area contributed by atoms with E-state index in [0.29, 0.717) is 13.1 Å². The maximum absolute atomic E-state index is 13.5. The molecule has 36 heavy (non-hydrogen) atoms. The van der Waals surface area contributed by atoms with Crippen molar-refractivity contribution in [2.24, 2.45) is 28.4 Å². The Morgan fingerprint density at radius 3 is 2.00 bits per heavy atom. The molecule has 202 valence electrons. The molecule has 1 aliphatic carbocycles. The average molecular weight is 518 g/mol. The number of nitrogens with zero attached hydrogens (tertiary/aromatic N) is 2. The molecule has 0 spiro atoms. The maximum atomic E-state index is 13.5. The van der Waals surface area contributed by atoms with Gasteiger partial charge in [-0.05, 0) is 35.5 Å². The molecule has 0 aromatic carbocycles. The molecule has 2 heterocycles. The van der Waals surface area contributed by atoms with Gasteiger partial charge in [0.05, 0.1) is 0 Å². The first-order valence-electron chi connectivity index (χ1n) is 12.0. The topological polar surface area (TPSA) is 142 Å². The fourth-order valence-corrected chi connectivity index (χ4v) is 5.44. The van der Waals surface area contributed by atoms with Crippen LogP contribution in [-0.2, 0) is 24.0 Å². The highest BCUT2D eigenvalue weighted by molar-refractivity contribution is 6.07. The second-order valence-corrected chi connectivity index (χ2v) is 11.5. The standard InChI is InChI=1S/C23H34F3N5O5/c1-21(2,3)15(29-20(36)23(24,25)26)19(35)31-10-11-12(22(11,4)5)14(31)17(33)28-13(16(27)32)18(34)30-8-6-7-9-30/h11-15H,6-10H2,1-5H3,(H2,27,32)(H,28,33)(H,29,36)/t11-,12-,13?,14-,15?/m0/s1. The second-order valence-electron chi connectivity index (χ2n) is 11.5. The molecule has 0 aromatic heterocycles. The molecule has 0 aromatic rings. The number of likely N-dealkylation sites (tertiary alicyclic amines) is 2. The first-order valence-corrected chi connectivity index (χ1v) is 12.0. The van der Waals surface area contributed by atoms with Gasteiger partial charge in [0, 0.05) is 19.6 Å². The summed E-state index contributed by atoms with van der Waals surface area (Å²) in [7, 11) is 0. The highest BCUT2D eigenvalue weighted by atomic mass is 19.4. The van der Waals surface area contributed by atoms with Crippen LogP contribution in [0.3, 0.4) is 0 Å². The SMILES string of the molecule is CC(C)(C)C(NC(=O)C(F)(F)F)C(=O)N1C[C@H]2[C@@H]([C@H]1C(=O)NC(C(N)=O)C(=O)N1CCCC1)C2(C)C. The molecule has 4 N–H and O–H groups in total. The van der Waals surface area contributed by atoms with E-state index < -0.39 is 59.3 Å². The van der Waals surface area contributed by atoms with Gasteiger partial charge in [0.2, 0.25) is 17.7 Å². The third-order valence-corrected chi connectivity index (χ3v) is 7.64. The van der Waals surface area contributed by atoms with Crippen LogP contribution in [0, 0.1) is 22.7 Å². The van der Waals surface area contributed by atoms with E-state index in [0.717, 1.165) is 17.7 Å². The summed E-state index contributed by atoms with van der Waals surface area (Å²) in [5, 5.41) is 4.17. The van der Waals surface area contributed by atoms with Gasteiger partial charge in [-0.25, -0.2) is 0 Å². The zero-order valence-corrected chi connectivity index (χ0v) is 21.1. The lowest BCUT2D eigenvalue weighted by molar-refractivity contribution is -0.176. The highest BCUT2D eigenvalue weighted by Gasteiger charge is 2.70. The summed E-state index contributed by atoms with van der Waals surface area (Å²) in [6, 6.07) is -4.34. The first-order chi connectivity index (χ1) is 16.4. The van der Waals surface area contributed by atoms with Gasteiger partial charge >= 0.3 is 12.1 Å². The number of alkyl halides is 3. The molecule has 10 nitrogen and oxygen atoms in total. The Balaban J connectivity index is 1.86. The van der Waals surface area contributed by atoms with Crippen molar-refractivity contribution in [1.82, 2.24) is 20.4 Å². The summed E-state index contributed by atoms with van der Waals surface area (Å²) in [6.07, 6.45) is -3.68. The van der Waals surface area contributed by atoms with E-state index in [4.69, 9.17) is 5.73 Å². The fourth-order valence-electron chi connectivity index (χ4n) is 5.44. The third kappa shape index (κ3) is 5.15. The zero-order valence-electron chi connectivity index (χ0n) is 21.1. The lowest BCUT2D eigenvalue weighted by atomic mass is 9.85. The minimum absolute atomic E-state index is 0.0877. The summed E-state index contributed by atoms with van der Waals surface area (Å²) in [5.41, 5.74) is 3.96. The molecule has 3 aliphatic rings. The van der Waals surface area contributed by atoms with Crippen molar-refractivity contribution in [1.29, 1.82) is 0 Å². The van der Waals surface area contributed by atoms with Gasteiger partial charge in [-0.3, -0.25) is 24.0 Å². The summed E-state index contributed by atoms with van der Waals surface area (Å²) in [5.74, 6) is -6.02. The predicted molar refractivity (Wildman–Crippen MR) is 121 cm³/mol. The van der Waals surface area contributed by atoms with E-state index in [-0.39, 0.29) is 23.8 Å². The second kappa shape index (κ2) is 9.22. The first kappa shape index (κ1) is 27.7. The largest absolute Gasteiger partial charge is 0.471 e. The Kier molecular flexibility index (Phi) is 7.10. The molecule has 3 rings (SSSR count). The van der Waals surface area contributed by atoms with Crippen LogP contribution in [0.2, 0.25) is 0 Å². The number of carbonyl (C=O) groups excluding carboxylic acids is 5. The predicted octanol–water partition coefficient (Wildman–Crippen LogP) is 0.155. The molecule has 2 unspecified atom stereocenters. The molecule has 13 heteroatoms. The lowest BCUT2D eigenvalue weighted by Gasteiger charge is -2.38. The number of nitrogens with one attached hydrogen (secondary N) is 2. The van der Waals surface area contributed by atoms with Gasteiger partial charge in [0.1, 0.15) is 12.1 Å². The van der Waals surface area contributed by atoms with Gasteiger partial charge in [0.25, 0.3) is 5.91 Å². The van der Waals surface area contributed by atoms with Crippen molar-refractivity contribution in [3.63, 3.8) is 0 Å². The molecule has 2 saturated heterocycles. The summed E-state index contributed by atoms with van der Waals surface area (Å²) in [6.45, 7) is 9.24.